The van der Waals surface area contributed by atoms with Gasteiger partial charge in [0.25, 0.3) is 5.91 Å². The highest BCUT2D eigenvalue weighted by atomic mass is 17.4. The first kappa shape index (κ1) is 21.5. The lowest BCUT2D eigenvalue weighted by atomic mass is 9.92. The standard InChI is InChI=1S/C22H26N2O7/c1-22(2,3)28-19-18(14-6-10-16(26-4)11-7-14)23(20(19)25)24-29-21(30-31-24)15-8-12-17(27-5)13-9-15/h6-13,18-19,21H,1-5H3/t18-,19+,21?/m1/s1. The van der Waals surface area contributed by atoms with Gasteiger partial charge >= 0.3 is 0 Å². The lowest BCUT2D eigenvalue weighted by Crippen LogP contribution is -2.65. The normalized spacial score (nSPS) is 24.2. The van der Waals surface area contributed by atoms with Crippen LogP contribution in [0.4, 0.5) is 0 Å². The first-order chi connectivity index (χ1) is 14.8. The third-order valence-corrected chi connectivity index (χ3v) is 4.90. The van der Waals surface area contributed by atoms with Gasteiger partial charge in [0.2, 0.25) is 6.29 Å². The van der Waals surface area contributed by atoms with Crippen LogP contribution >= 0.6 is 0 Å². The fourth-order valence-electron chi connectivity index (χ4n) is 3.40. The Morgan fingerprint density at radius 1 is 0.871 bits per heavy atom. The monoisotopic (exact) mass is 430 g/mol. The largest absolute Gasteiger partial charge is 0.497 e. The van der Waals surface area contributed by atoms with Crippen molar-refractivity contribution in [2.45, 2.75) is 44.8 Å². The second-order valence-electron chi connectivity index (χ2n) is 8.17. The number of benzene rings is 2. The Labute approximate surface area is 180 Å². The zero-order valence-corrected chi connectivity index (χ0v) is 18.1. The van der Waals surface area contributed by atoms with Crippen LogP contribution in [0.2, 0.25) is 0 Å². The molecule has 3 atom stereocenters. The van der Waals surface area contributed by atoms with Crippen LogP contribution in [0.3, 0.4) is 0 Å². The van der Waals surface area contributed by atoms with Crippen LogP contribution in [0, 0.1) is 0 Å². The smallest absolute Gasteiger partial charge is 0.273 e. The van der Waals surface area contributed by atoms with Crippen molar-refractivity contribution in [1.82, 2.24) is 10.3 Å². The summed E-state index contributed by atoms with van der Waals surface area (Å²) in [6.45, 7) is 5.71. The summed E-state index contributed by atoms with van der Waals surface area (Å²) in [7, 11) is 3.19. The van der Waals surface area contributed by atoms with Gasteiger partial charge in [0.1, 0.15) is 17.5 Å². The minimum atomic E-state index is -0.835. The lowest BCUT2D eigenvalue weighted by Gasteiger charge is -2.48. The van der Waals surface area contributed by atoms with Gasteiger partial charge in [-0.2, -0.15) is 4.89 Å². The molecule has 2 heterocycles. The Hall–Kier alpha value is -2.69. The van der Waals surface area contributed by atoms with E-state index in [0.717, 1.165) is 10.9 Å². The van der Waals surface area contributed by atoms with Gasteiger partial charge in [0.15, 0.2) is 6.10 Å². The summed E-state index contributed by atoms with van der Waals surface area (Å²) in [4.78, 5) is 29.2. The number of nitrogens with zero attached hydrogens (tertiary/aromatic N) is 2. The Balaban J connectivity index is 1.54. The predicted octanol–water partition coefficient (Wildman–Crippen LogP) is 3.50. The summed E-state index contributed by atoms with van der Waals surface area (Å²) < 4.78 is 16.4. The highest BCUT2D eigenvalue weighted by Crippen LogP contribution is 2.43. The van der Waals surface area contributed by atoms with E-state index in [-0.39, 0.29) is 5.91 Å². The third-order valence-electron chi connectivity index (χ3n) is 4.90. The van der Waals surface area contributed by atoms with Gasteiger partial charge in [-0.05, 0) is 50.6 Å². The van der Waals surface area contributed by atoms with E-state index < -0.39 is 24.0 Å². The molecule has 0 saturated carbocycles. The molecule has 2 aliphatic rings. The van der Waals surface area contributed by atoms with Gasteiger partial charge in [-0.1, -0.05) is 29.3 Å². The molecule has 2 aromatic rings. The molecule has 166 valence electrons. The number of amides is 1. The minimum Gasteiger partial charge on any atom is -0.497 e. The molecule has 0 bridgehead atoms. The molecule has 0 N–H and O–H groups in total. The molecule has 0 aromatic heterocycles. The number of rotatable bonds is 6. The van der Waals surface area contributed by atoms with Gasteiger partial charge in [0.05, 0.1) is 25.2 Å². The molecule has 0 spiro atoms. The van der Waals surface area contributed by atoms with Crippen LogP contribution in [-0.2, 0) is 24.2 Å². The second-order valence-corrected chi connectivity index (χ2v) is 8.17. The van der Waals surface area contributed by atoms with E-state index in [1.807, 2.05) is 45.0 Å². The van der Waals surface area contributed by atoms with E-state index in [0.29, 0.717) is 17.1 Å². The van der Waals surface area contributed by atoms with Crippen molar-refractivity contribution in [2.24, 2.45) is 0 Å². The molecular formula is C22H26N2O7. The summed E-state index contributed by atoms with van der Waals surface area (Å²) in [5.74, 6) is 1.12. The third kappa shape index (κ3) is 4.36. The van der Waals surface area contributed by atoms with E-state index in [1.165, 1.54) is 5.01 Å². The fraction of sp³-hybridized carbons (Fsp3) is 0.409. The summed E-state index contributed by atoms with van der Waals surface area (Å²) in [6, 6.07) is 14.1. The molecule has 9 nitrogen and oxygen atoms in total. The topological polar surface area (TPSA) is 78.9 Å². The van der Waals surface area contributed by atoms with Gasteiger partial charge in [0, 0.05) is 5.56 Å². The SMILES string of the molecule is COc1ccc(C2OON(N3C(=O)[C@@H](OC(C)(C)C)[C@H]3c3ccc(OC)cc3)O2)cc1. The van der Waals surface area contributed by atoms with Crippen molar-refractivity contribution < 1.29 is 33.7 Å². The first-order valence-corrected chi connectivity index (χ1v) is 9.90. The van der Waals surface area contributed by atoms with Crippen LogP contribution < -0.4 is 9.47 Å². The van der Waals surface area contributed by atoms with Crippen molar-refractivity contribution in [2.75, 3.05) is 14.2 Å². The molecule has 0 radical (unpaired) electrons. The quantitative estimate of drug-likeness (QED) is 0.509. The Bertz CT molecular complexity index is 911. The number of hydrogen-bond donors (Lipinski definition) is 0. The molecule has 9 heteroatoms. The van der Waals surface area contributed by atoms with Gasteiger partial charge in [-0.15, -0.1) is 0 Å². The van der Waals surface area contributed by atoms with Crippen LogP contribution in [-0.4, -0.2) is 42.2 Å². The van der Waals surface area contributed by atoms with Gasteiger partial charge < -0.3 is 14.2 Å². The van der Waals surface area contributed by atoms with E-state index in [4.69, 9.17) is 28.9 Å². The Morgan fingerprint density at radius 3 is 1.94 bits per heavy atom. The van der Waals surface area contributed by atoms with E-state index in [2.05, 4.69) is 0 Å². The van der Waals surface area contributed by atoms with E-state index in [1.54, 1.807) is 38.5 Å². The minimum absolute atomic E-state index is 0.297. The number of hydrazine groups is 1. The maximum absolute atomic E-state index is 13.0. The van der Waals surface area contributed by atoms with Crippen LogP contribution in [0.25, 0.3) is 0 Å². The molecule has 2 aliphatic heterocycles. The van der Waals surface area contributed by atoms with E-state index in [9.17, 15) is 4.79 Å². The van der Waals surface area contributed by atoms with Crippen molar-refractivity contribution in [3.63, 3.8) is 0 Å². The summed E-state index contributed by atoms with van der Waals surface area (Å²) >= 11 is 0. The summed E-state index contributed by atoms with van der Waals surface area (Å²) in [5, 5.41) is 2.30. The molecule has 4 rings (SSSR count). The fourth-order valence-corrected chi connectivity index (χ4v) is 3.40. The maximum atomic E-state index is 13.0. The predicted molar refractivity (Wildman–Crippen MR) is 108 cm³/mol. The average molecular weight is 430 g/mol. The maximum Gasteiger partial charge on any atom is 0.273 e. The molecule has 0 aliphatic carbocycles. The molecule has 1 unspecified atom stereocenters. The number of methoxy groups -OCH3 is 2. The van der Waals surface area contributed by atoms with Gasteiger partial charge in [-0.3, -0.25) is 4.79 Å². The Morgan fingerprint density at radius 2 is 1.42 bits per heavy atom. The van der Waals surface area contributed by atoms with Crippen LogP contribution in [0.1, 0.15) is 44.2 Å². The van der Waals surface area contributed by atoms with Crippen molar-refractivity contribution in [3.05, 3.63) is 59.7 Å². The molecule has 1 amide bonds. The highest BCUT2D eigenvalue weighted by Gasteiger charge is 2.56. The number of ether oxygens (including phenoxy) is 3. The van der Waals surface area contributed by atoms with E-state index >= 15 is 0 Å². The molecule has 31 heavy (non-hydrogen) atoms. The molecular weight excluding hydrogens is 404 g/mol. The second kappa shape index (κ2) is 8.45. The molecule has 2 saturated heterocycles. The Kier molecular flexibility index (Phi) is 5.87. The summed E-state index contributed by atoms with van der Waals surface area (Å²) in [5.41, 5.74) is 1.04. The lowest BCUT2D eigenvalue weighted by molar-refractivity contribution is -0.493. The van der Waals surface area contributed by atoms with Crippen LogP contribution in [0.5, 0.6) is 11.5 Å². The molecule has 2 aromatic carbocycles. The van der Waals surface area contributed by atoms with Crippen molar-refractivity contribution >= 4 is 5.91 Å². The first-order valence-electron chi connectivity index (χ1n) is 9.90. The highest BCUT2D eigenvalue weighted by molar-refractivity contribution is 5.88. The zero-order chi connectivity index (χ0) is 22.2. The number of carbonyl (C=O) groups is 1. The average Bonchev–Trinajstić information content (AvgIpc) is 3.24. The molecule has 2 fully saturated rings. The number of hydrogen-bond acceptors (Lipinski definition) is 8. The van der Waals surface area contributed by atoms with Crippen molar-refractivity contribution in [1.29, 1.82) is 0 Å². The number of β-lactam (4-membered cyclic amide) rings is 1. The van der Waals surface area contributed by atoms with Crippen molar-refractivity contribution in [3.8, 4) is 11.5 Å². The van der Waals surface area contributed by atoms with Crippen LogP contribution in [0.15, 0.2) is 48.5 Å². The van der Waals surface area contributed by atoms with Gasteiger partial charge in [-0.25, -0.2) is 9.85 Å². The number of carbonyl (C=O) groups excluding carboxylic acids is 1. The summed E-state index contributed by atoms with van der Waals surface area (Å²) in [6.07, 6.45) is -1.53. The zero-order valence-electron chi connectivity index (χ0n) is 18.1.